The minimum atomic E-state index is 0.741. The molecule has 0 aliphatic carbocycles. The molecule has 0 saturated heterocycles. The zero-order valence-electron chi connectivity index (χ0n) is 9.84. The molecule has 3 aromatic rings. The molecule has 0 amide bonds. The fourth-order valence-corrected chi connectivity index (χ4v) is 1.82. The molecule has 0 radical (unpaired) electrons. The first kappa shape index (κ1) is 10.8. The van der Waals surface area contributed by atoms with Gasteiger partial charge in [-0.05, 0) is 12.1 Å². The molecule has 0 atom stereocenters. The predicted octanol–water partition coefficient (Wildman–Crippen LogP) is 2.85. The zero-order valence-corrected chi connectivity index (χ0v) is 9.84. The van der Waals surface area contributed by atoms with Crippen LogP contribution in [0.5, 0.6) is 0 Å². The molecule has 0 unspecified atom stereocenters. The molecular weight excluding hydrogens is 226 g/mol. The third-order valence-electron chi connectivity index (χ3n) is 2.75. The second-order valence-corrected chi connectivity index (χ2v) is 4.05. The van der Waals surface area contributed by atoms with Gasteiger partial charge in [0.25, 0.3) is 0 Å². The molecule has 3 rings (SSSR count). The van der Waals surface area contributed by atoms with Crippen LogP contribution in [0.2, 0.25) is 0 Å². The van der Waals surface area contributed by atoms with E-state index in [1.807, 2.05) is 42.5 Å². The summed E-state index contributed by atoms with van der Waals surface area (Å²) in [5, 5.41) is 7.18. The van der Waals surface area contributed by atoms with Gasteiger partial charge in [-0.25, -0.2) is 4.98 Å². The van der Waals surface area contributed by atoms with E-state index in [9.17, 15) is 0 Å². The van der Waals surface area contributed by atoms with Crippen LogP contribution in [-0.4, -0.2) is 15.2 Å². The molecule has 2 aromatic heterocycles. The van der Waals surface area contributed by atoms with Crippen LogP contribution in [0, 0.1) is 0 Å². The van der Waals surface area contributed by atoms with Gasteiger partial charge in [0.2, 0.25) is 0 Å². The Bertz CT molecular complexity index is 599. The van der Waals surface area contributed by atoms with Gasteiger partial charge in [-0.3, -0.25) is 5.10 Å². The van der Waals surface area contributed by atoms with Crippen molar-refractivity contribution in [3.63, 3.8) is 0 Å². The van der Waals surface area contributed by atoms with E-state index < -0.39 is 0 Å². The van der Waals surface area contributed by atoms with E-state index in [1.165, 1.54) is 0 Å². The Morgan fingerprint density at radius 3 is 2.67 bits per heavy atom. The van der Waals surface area contributed by atoms with Crippen molar-refractivity contribution in [1.82, 2.24) is 15.2 Å². The topological polar surface area (TPSA) is 54.7 Å². The summed E-state index contributed by atoms with van der Waals surface area (Å²) in [6.45, 7) is 0. The molecule has 1 N–H and O–H groups in total. The van der Waals surface area contributed by atoms with Crippen LogP contribution >= 0.6 is 0 Å². The maximum atomic E-state index is 5.28. The molecule has 90 valence electrons. The highest BCUT2D eigenvalue weighted by molar-refractivity contribution is 5.53. The highest BCUT2D eigenvalue weighted by Gasteiger charge is 2.06. The number of furan rings is 1. The molecule has 2 heterocycles. The number of hydrogen-bond acceptors (Lipinski definition) is 3. The molecule has 0 aliphatic heterocycles. The first-order valence-electron chi connectivity index (χ1n) is 5.91. The lowest BCUT2D eigenvalue weighted by Crippen LogP contribution is -1.92. The van der Waals surface area contributed by atoms with Crippen LogP contribution in [0.3, 0.4) is 0 Å². The molecule has 0 aliphatic rings. The van der Waals surface area contributed by atoms with Crippen LogP contribution in [0.25, 0.3) is 11.4 Å². The summed E-state index contributed by atoms with van der Waals surface area (Å²) in [4.78, 5) is 4.47. The van der Waals surface area contributed by atoms with Crippen molar-refractivity contribution in [2.75, 3.05) is 0 Å². The van der Waals surface area contributed by atoms with E-state index in [2.05, 4.69) is 15.2 Å². The lowest BCUT2D eigenvalue weighted by Gasteiger charge is -1.93. The first-order valence-corrected chi connectivity index (χ1v) is 5.91. The third-order valence-corrected chi connectivity index (χ3v) is 2.75. The number of aromatic nitrogens is 3. The highest BCUT2D eigenvalue weighted by Crippen LogP contribution is 2.14. The number of rotatable bonds is 4. The molecule has 0 spiro atoms. The van der Waals surface area contributed by atoms with Crippen molar-refractivity contribution < 1.29 is 4.42 Å². The smallest absolute Gasteiger partial charge is 0.181 e. The van der Waals surface area contributed by atoms with Gasteiger partial charge in [0, 0.05) is 18.4 Å². The van der Waals surface area contributed by atoms with E-state index in [0.29, 0.717) is 0 Å². The maximum absolute atomic E-state index is 5.28. The van der Waals surface area contributed by atoms with Crippen molar-refractivity contribution in [3.05, 3.63) is 60.3 Å². The molecule has 4 nitrogen and oxygen atoms in total. The van der Waals surface area contributed by atoms with E-state index in [-0.39, 0.29) is 0 Å². The van der Waals surface area contributed by atoms with E-state index in [0.717, 1.165) is 35.8 Å². The average molecular weight is 239 g/mol. The molecule has 0 bridgehead atoms. The summed E-state index contributed by atoms with van der Waals surface area (Å²) >= 11 is 0. The van der Waals surface area contributed by atoms with Gasteiger partial charge in [0.1, 0.15) is 11.6 Å². The van der Waals surface area contributed by atoms with E-state index in [1.54, 1.807) is 6.26 Å². The lowest BCUT2D eigenvalue weighted by atomic mass is 10.2. The zero-order chi connectivity index (χ0) is 12.2. The van der Waals surface area contributed by atoms with Gasteiger partial charge in [-0.15, -0.1) is 0 Å². The number of benzene rings is 1. The number of nitrogens with one attached hydrogen (secondary N) is 1. The van der Waals surface area contributed by atoms with Crippen LogP contribution < -0.4 is 0 Å². The van der Waals surface area contributed by atoms with Crippen molar-refractivity contribution in [2.45, 2.75) is 12.8 Å². The van der Waals surface area contributed by atoms with Gasteiger partial charge in [-0.1, -0.05) is 30.3 Å². The monoisotopic (exact) mass is 239 g/mol. The van der Waals surface area contributed by atoms with Gasteiger partial charge in [-0.2, -0.15) is 5.10 Å². The minimum absolute atomic E-state index is 0.741. The van der Waals surface area contributed by atoms with Gasteiger partial charge >= 0.3 is 0 Å². The Morgan fingerprint density at radius 2 is 1.89 bits per heavy atom. The minimum Gasteiger partial charge on any atom is -0.469 e. The fourth-order valence-electron chi connectivity index (χ4n) is 1.82. The second kappa shape index (κ2) is 4.87. The van der Waals surface area contributed by atoms with Crippen molar-refractivity contribution in [3.8, 4) is 11.4 Å². The van der Waals surface area contributed by atoms with Gasteiger partial charge < -0.3 is 4.42 Å². The van der Waals surface area contributed by atoms with Crippen LogP contribution in [-0.2, 0) is 12.8 Å². The standard InChI is InChI=1S/C14H13N3O/c1-2-5-11(6-3-1)14-15-13(16-17-14)9-8-12-7-4-10-18-12/h1-7,10H,8-9H2,(H,15,16,17). The average Bonchev–Trinajstić information content (AvgIpc) is 3.09. The molecule has 0 saturated carbocycles. The van der Waals surface area contributed by atoms with Crippen LogP contribution in [0.1, 0.15) is 11.6 Å². The summed E-state index contributed by atoms with van der Waals surface area (Å²) in [5.41, 5.74) is 1.03. The first-order chi connectivity index (χ1) is 8.92. The van der Waals surface area contributed by atoms with E-state index in [4.69, 9.17) is 4.42 Å². The van der Waals surface area contributed by atoms with Gasteiger partial charge in [0.05, 0.1) is 6.26 Å². The lowest BCUT2D eigenvalue weighted by molar-refractivity contribution is 0.506. The number of aryl methyl sites for hydroxylation is 2. The number of nitrogens with zero attached hydrogens (tertiary/aromatic N) is 2. The summed E-state index contributed by atoms with van der Waals surface area (Å²) in [5.74, 6) is 2.59. The van der Waals surface area contributed by atoms with Crippen molar-refractivity contribution in [1.29, 1.82) is 0 Å². The third kappa shape index (κ3) is 2.32. The Labute approximate surface area is 105 Å². The Kier molecular flexibility index (Phi) is 2.92. The van der Waals surface area contributed by atoms with Gasteiger partial charge in [0.15, 0.2) is 5.82 Å². The Balaban J connectivity index is 1.70. The Morgan fingerprint density at radius 1 is 1.00 bits per heavy atom. The fraction of sp³-hybridized carbons (Fsp3) is 0.143. The summed E-state index contributed by atoms with van der Waals surface area (Å²) in [6, 6.07) is 13.8. The SMILES string of the molecule is c1ccc(-c2n[nH]c(CCc3ccco3)n2)cc1. The number of aromatic amines is 1. The van der Waals surface area contributed by atoms with Crippen LogP contribution in [0.15, 0.2) is 53.1 Å². The summed E-state index contributed by atoms with van der Waals surface area (Å²) in [7, 11) is 0. The molecule has 0 fully saturated rings. The Hall–Kier alpha value is -2.36. The summed E-state index contributed by atoms with van der Waals surface area (Å²) < 4.78 is 5.28. The summed E-state index contributed by atoms with van der Waals surface area (Å²) in [6.07, 6.45) is 3.31. The predicted molar refractivity (Wildman–Crippen MR) is 67.9 cm³/mol. The van der Waals surface area contributed by atoms with Crippen molar-refractivity contribution in [2.24, 2.45) is 0 Å². The number of H-pyrrole nitrogens is 1. The molecule has 18 heavy (non-hydrogen) atoms. The molecule has 4 heteroatoms. The number of hydrogen-bond donors (Lipinski definition) is 1. The maximum Gasteiger partial charge on any atom is 0.181 e. The van der Waals surface area contributed by atoms with Crippen molar-refractivity contribution >= 4 is 0 Å². The highest BCUT2D eigenvalue weighted by atomic mass is 16.3. The van der Waals surface area contributed by atoms with E-state index >= 15 is 0 Å². The second-order valence-electron chi connectivity index (χ2n) is 4.05. The van der Waals surface area contributed by atoms with Crippen LogP contribution in [0.4, 0.5) is 0 Å². The molecular formula is C14H13N3O. The normalized spacial score (nSPS) is 10.7. The molecule has 1 aromatic carbocycles. The largest absolute Gasteiger partial charge is 0.469 e. The quantitative estimate of drug-likeness (QED) is 0.761.